The van der Waals surface area contributed by atoms with Crippen molar-refractivity contribution < 1.29 is 23.8 Å². The van der Waals surface area contributed by atoms with Crippen LogP contribution in [-0.2, 0) is 19.6 Å². The van der Waals surface area contributed by atoms with E-state index in [1.807, 2.05) is 6.07 Å². The first kappa shape index (κ1) is 22.2. The lowest BCUT2D eigenvalue weighted by Gasteiger charge is -2.20. The molecule has 1 aromatic heterocycles. The molecule has 0 aliphatic carbocycles. The largest absolute Gasteiger partial charge is 0.441 e. The zero-order chi connectivity index (χ0) is 22.9. The molecule has 3 heterocycles. The van der Waals surface area contributed by atoms with E-state index in [1.54, 1.807) is 30.5 Å². The monoisotopic (exact) mass is 440 g/mol. The fourth-order valence-electron chi connectivity index (χ4n) is 3.80. The number of hydrogen-bond acceptors (Lipinski definition) is 8. The molecule has 4 atom stereocenters. The topological polar surface area (TPSA) is 112 Å². The second-order valence-corrected chi connectivity index (χ2v) is 9.07. The van der Waals surface area contributed by atoms with E-state index < -0.39 is 12.2 Å². The third kappa shape index (κ3) is 4.89. The van der Waals surface area contributed by atoms with Crippen molar-refractivity contribution in [3.8, 4) is 0 Å². The molecule has 9 heteroatoms. The molecule has 9 nitrogen and oxygen atoms in total. The molecule has 1 amide bonds. The minimum absolute atomic E-state index is 0.0797. The Hall–Kier alpha value is -3.04. The van der Waals surface area contributed by atoms with E-state index in [2.05, 4.69) is 41.4 Å². The fourth-order valence-corrected chi connectivity index (χ4v) is 3.80. The highest BCUT2D eigenvalue weighted by Crippen LogP contribution is 2.31. The van der Waals surface area contributed by atoms with Gasteiger partial charge in [0.2, 0.25) is 5.95 Å². The molecule has 2 fully saturated rings. The Morgan fingerprint density at radius 3 is 2.66 bits per heavy atom. The normalized spacial score (nSPS) is 24.6. The minimum Gasteiger partial charge on any atom is -0.441 e. The highest BCUT2D eigenvalue weighted by atomic mass is 16.6. The molecule has 0 spiro atoms. The summed E-state index contributed by atoms with van der Waals surface area (Å²) in [5.74, 6) is 0.437. The number of benzene rings is 1. The first-order valence-corrected chi connectivity index (χ1v) is 10.6. The zero-order valence-corrected chi connectivity index (χ0v) is 18.6. The molecule has 4 rings (SSSR count). The lowest BCUT2D eigenvalue weighted by molar-refractivity contribution is 0.00916. The van der Waals surface area contributed by atoms with Crippen LogP contribution in [0.15, 0.2) is 36.5 Å². The van der Waals surface area contributed by atoms with Crippen molar-refractivity contribution in [1.29, 1.82) is 0 Å². The molecule has 2 aliphatic rings. The highest BCUT2D eigenvalue weighted by molar-refractivity contribution is 5.96. The number of rotatable bonds is 5. The van der Waals surface area contributed by atoms with Crippen molar-refractivity contribution >= 4 is 23.5 Å². The summed E-state index contributed by atoms with van der Waals surface area (Å²) < 4.78 is 17.3. The summed E-state index contributed by atoms with van der Waals surface area (Å²) in [6.07, 6.45) is -0.0927. The smallest absolute Gasteiger partial charge is 0.412 e. The molecule has 2 aromatic rings. The van der Waals surface area contributed by atoms with Gasteiger partial charge in [-0.05, 0) is 25.1 Å². The molecular formula is C23H28N4O5. The average Bonchev–Trinajstić information content (AvgIpc) is 3.31. The van der Waals surface area contributed by atoms with Crippen LogP contribution in [0.4, 0.5) is 16.4 Å². The summed E-state index contributed by atoms with van der Waals surface area (Å²) in [6.45, 7) is 8.38. The van der Waals surface area contributed by atoms with Crippen molar-refractivity contribution in [1.82, 2.24) is 9.97 Å². The standard InChI is InChI=1S/C23H28N4O5/c1-13(28)14-6-5-7-15(10-14)25-22(29)32-17-12-31-19-16(11-30-20(17)19)26-21-24-9-8-18(27-21)23(2,3)4/h5-10,16-17,19-20H,11-12H2,1-4H3,(H,25,29)(H,24,26,27)/t16-,17-,19-,20+/m0/s1. The van der Waals surface area contributed by atoms with Gasteiger partial charge in [-0.3, -0.25) is 10.1 Å². The lowest BCUT2D eigenvalue weighted by Crippen LogP contribution is -2.38. The van der Waals surface area contributed by atoms with E-state index in [0.29, 0.717) is 23.8 Å². The van der Waals surface area contributed by atoms with Gasteiger partial charge in [-0.2, -0.15) is 0 Å². The molecule has 0 bridgehead atoms. The minimum atomic E-state index is -0.624. The number of nitrogens with one attached hydrogen (secondary N) is 2. The van der Waals surface area contributed by atoms with Crippen molar-refractivity contribution in [3.63, 3.8) is 0 Å². The molecule has 2 saturated heterocycles. The number of Topliss-reactive ketones (excluding diaryl/α,β-unsaturated/α-hetero) is 1. The predicted octanol–water partition coefficient (Wildman–Crippen LogP) is 3.17. The Morgan fingerprint density at radius 1 is 1.12 bits per heavy atom. The summed E-state index contributed by atoms with van der Waals surface area (Å²) in [7, 11) is 0. The molecule has 0 unspecified atom stereocenters. The molecule has 170 valence electrons. The predicted molar refractivity (Wildman–Crippen MR) is 118 cm³/mol. The quantitative estimate of drug-likeness (QED) is 0.682. The zero-order valence-electron chi connectivity index (χ0n) is 18.6. The van der Waals surface area contributed by atoms with Crippen LogP contribution in [0.25, 0.3) is 0 Å². The summed E-state index contributed by atoms with van der Waals surface area (Å²) in [4.78, 5) is 32.8. The van der Waals surface area contributed by atoms with Gasteiger partial charge in [0, 0.05) is 22.9 Å². The molecule has 0 radical (unpaired) electrons. The van der Waals surface area contributed by atoms with Gasteiger partial charge in [-0.1, -0.05) is 32.9 Å². The number of aromatic nitrogens is 2. The summed E-state index contributed by atoms with van der Waals surface area (Å²) in [6, 6.07) is 8.44. The number of ether oxygens (including phenoxy) is 3. The number of anilines is 2. The van der Waals surface area contributed by atoms with E-state index >= 15 is 0 Å². The Morgan fingerprint density at radius 2 is 1.91 bits per heavy atom. The summed E-state index contributed by atoms with van der Waals surface area (Å²) in [5.41, 5.74) is 1.84. The van der Waals surface area contributed by atoms with Crippen LogP contribution in [0.1, 0.15) is 43.7 Å². The van der Waals surface area contributed by atoms with Crippen molar-refractivity contribution in [2.24, 2.45) is 0 Å². The molecule has 2 aliphatic heterocycles. The third-order valence-electron chi connectivity index (χ3n) is 5.52. The molecule has 32 heavy (non-hydrogen) atoms. The van der Waals surface area contributed by atoms with Crippen molar-refractivity contribution in [3.05, 3.63) is 47.8 Å². The Balaban J connectivity index is 1.35. The number of amides is 1. The SMILES string of the molecule is CC(=O)c1cccc(NC(=O)O[C@H]2CO[C@@H]3[C@@H]2OC[C@@H]3Nc2nccc(C(C)(C)C)n2)c1. The van der Waals surface area contributed by atoms with Crippen LogP contribution < -0.4 is 10.6 Å². The number of carbonyl (C=O) groups is 2. The van der Waals surface area contributed by atoms with Gasteiger partial charge in [0.25, 0.3) is 0 Å². The summed E-state index contributed by atoms with van der Waals surface area (Å²) in [5, 5.41) is 5.95. The van der Waals surface area contributed by atoms with Gasteiger partial charge in [0.1, 0.15) is 12.2 Å². The number of nitrogens with zero attached hydrogens (tertiary/aromatic N) is 2. The Bertz CT molecular complexity index is 1010. The molecular weight excluding hydrogens is 412 g/mol. The van der Waals surface area contributed by atoms with E-state index in [-0.39, 0.29) is 36.1 Å². The van der Waals surface area contributed by atoms with Crippen molar-refractivity contribution in [2.75, 3.05) is 23.8 Å². The van der Waals surface area contributed by atoms with Crippen molar-refractivity contribution in [2.45, 2.75) is 57.5 Å². The van der Waals surface area contributed by atoms with Gasteiger partial charge in [-0.25, -0.2) is 14.8 Å². The van der Waals surface area contributed by atoms with Gasteiger partial charge >= 0.3 is 6.09 Å². The molecule has 0 saturated carbocycles. The maximum Gasteiger partial charge on any atom is 0.412 e. The van der Waals surface area contributed by atoms with Crippen LogP contribution in [-0.4, -0.2) is 59.4 Å². The molecule has 1 aromatic carbocycles. The van der Waals surface area contributed by atoms with Crippen LogP contribution in [0.2, 0.25) is 0 Å². The van der Waals surface area contributed by atoms with Crippen LogP contribution in [0, 0.1) is 0 Å². The van der Waals surface area contributed by atoms with Gasteiger partial charge in [0.05, 0.1) is 24.9 Å². The lowest BCUT2D eigenvalue weighted by atomic mass is 9.92. The van der Waals surface area contributed by atoms with E-state index in [9.17, 15) is 9.59 Å². The average molecular weight is 441 g/mol. The van der Waals surface area contributed by atoms with Gasteiger partial charge in [-0.15, -0.1) is 0 Å². The van der Waals surface area contributed by atoms with Crippen LogP contribution in [0.3, 0.4) is 0 Å². The van der Waals surface area contributed by atoms with E-state index in [1.165, 1.54) is 6.92 Å². The Kier molecular flexibility index (Phi) is 6.12. The number of carbonyl (C=O) groups excluding carboxylic acids is 2. The first-order valence-electron chi connectivity index (χ1n) is 10.6. The fraction of sp³-hybridized carbons (Fsp3) is 0.478. The van der Waals surface area contributed by atoms with Gasteiger partial charge in [0.15, 0.2) is 11.9 Å². The first-order chi connectivity index (χ1) is 15.2. The number of hydrogen-bond donors (Lipinski definition) is 2. The molecule has 2 N–H and O–H groups in total. The second kappa shape index (κ2) is 8.84. The Labute approximate surface area is 186 Å². The number of fused-ring (bicyclic) bond motifs is 1. The second-order valence-electron chi connectivity index (χ2n) is 9.07. The highest BCUT2D eigenvalue weighted by Gasteiger charge is 2.49. The van der Waals surface area contributed by atoms with Gasteiger partial charge < -0.3 is 19.5 Å². The summed E-state index contributed by atoms with van der Waals surface area (Å²) >= 11 is 0. The van der Waals surface area contributed by atoms with Crippen LogP contribution in [0.5, 0.6) is 0 Å². The number of ketones is 1. The maximum atomic E-state index is 12.4. The third-order valence-corrected chi connectivity index (χ3v) is 5.52. The van der Waals surface area contributed by atoms with E-state index in [0.717, 1.165) is 5.69 Å². The van der Waals surface area contributed by atoms with Crippen LogP contribution >= 0.6 is 0 Å². The maximum absolute atomic E-state index is 12.4. The van der Waals surface area contributed by atoms with E-state index in [4.69, 9.17) is 14.2 Å².